The molecular formula is C23H23NO3. The van der Waals surface area contributed by atoms with Crippen LogP contribution in [0, 0.1) is 6.92 Å². The summed E-state index contributed by atoms with van der Waals surface area (Å²) in [5.41, 5.74) is 11.0. The molecule has 4 rings (SSSR count). The van der Waals surface area contributed by atoms with Crippen LogP contribution in [-0.2, 0) is 0 Å². The molecule has 3 N–H and O–H groups in total. The number of aryl methyl sites for hydroxylation is 1. The molecule has 0 amide bonds. The van der Waals surface area contributed by atoms with E-state index in [1.165, 1.54) is 11.1 Å². The van der Waals surface area contributed by atoms with Crippen LogP contribution in [-0.4, -0.2) is 18.8 Å². The minimum atomic E-state index is 0.0743. The largest absolute Gasteiger partial charge is 0.506 e. The summed E-state index contributed by atoms with van der Waals surface area (Å²) in [5.74, 6) is 1.93. The standard InChI is InChI=1S/C23H23NO3/c1-14-3-5-15(6-4-14)19-13-27-22-12-17(26-2)8-9-18(22)23(19)16-7-10-21(25)20(24)11-16/h3-12,19,23,25H,13,24H2,1-2H3/t19-,23-/m0/s1. The molecule has 1 heterocycles. The first kappa shape index (κ1) is 17.3. The van der Waals surface area contributed by atoms with Crippen LogP contribution < -0.4 is 15.2 Å². The van der Waals surface area contributed by atoms with Gasteiger partial charge in [0.15, 0.2) is 0 Å². The van der Waals surface area contributed by atoms with E-state index in [-0.39, 0.29) is 17.6 Å². The van der Waals surface area contributed by atoms with Gasteiger partial charge in [-0.3, -0.25) is 0 Å². The first-order valence-electron chi connectivity index (χ1n) is 9.02. The van der Waals surface area contributed by atoms with Crippen molar-refractivity contribution >= 4 is 5.69 Å². The lowest BCUT2D eigenvalue weighted by Gasteiger charge is -2.35. The van der Waals surface area contributed by atoms with Crippen LogP contribution in [0.25, 0.3) is 0 Å². The number of ether oxygens (including phenoxy) is 2. The summed E-state index contributed by atoms with van der Waals surface area (Å²) in [6.07, 6.45) is 0. The molecule has 1 aliphatic rings. The zero-order valence-corrected chi connectivity index (χ0v) is 15.5. The van der Waals surface area contributed by atoms with E-state index in [0.717, 1.165) is 22.6 Å². The number of phenolic OH excluding ortho intramolecular Hbond substituents is 1. The second kappa shape index (κ2) is 6.88. The van der Waals surface area contributed by atoms with E-state index >= 15 is 0 Å². The Hall–Kier alpha value is -3.14. The van der Waals surface area contributed by atoms with Crippen molar-refractivity contribution < 1.29 is 14.6 Å². The van der Waals surface area contributed by atoms with Gasteiger partial charge < -0.3 is 20.3 Å². The lowest BCUT2D eigenvalue weighted by Crippen LogP contribution is -2.25. The molecule has 27 heavy (non-hydrogen) atoms. The number of hydrogen-bond acceptors (Lipinski definition) is 4. The SMILES string of the molecule is COc1ccc2c(c1)OC[C@@H](c1ccc(C)cc1)[C@H]2c1ccc(O)c(N)c1. The fourth-order valence-corrected chi connectivity index (χ4v) is 3.80. The van der Waals surface area contributed by atoms with E-state index < -0.39 is 0 Å². The summed E-state index contributed by atoms with van der Waals surface area (Å²) in [5, 5.41) is 9.85. The molecule has 1 aliphatic heterocycles. The van der Waals surface area contributed by atoms with Crippen molar-refractivity contribution in [3.63, 3.8) is 0 Å². The van der Waals surface area contributed by atoms with Crippen molar-refractivity contribution in [2.75, 3.05) is 19.5 Å². The lowest BCUT2D eigenvalue weighted by atomic mass is 9.75. The van der Waals surface area contributed by atoms with Crippen molar-refractivity contribution in [1.82, 2.24) is 0 Å². The van der Waals surface area contributed by atoms with E-state index in [4.69, 9.17) is 15.2 Å². The van der Waals surface area contributed by atoms with Gasteiger partial charge in [-0.25, -0.2) is 0 Å². The van der Waals surface area contributed by atoms with Crippen molar-refractivity contribution in [3.05, 3.63) is 82.9 Å². The van der Waals surface area contributed by atoms with E-state index in [1.807, 2.05) is 24.3 Å². The van der Waals surface area contributed by atoms with Gasteiger partial charge >= 0.3 is 0 Å². The Kier molecular flexibility index (Phi) is 4.40. The topological polar surface area (TPSA) is 64.7 Å². The van der Waals surface area contributed by atoms with Crippen molar-refractivity contribution in [2.24, 2.45) is 0 Å². The molecule has 0 fully saturated rings. The molecule has 2 atom stereocenters. The molecule has 3 aromatic carbocycles. The number of hydrogen-bond donors (Lipinski definition) is 2. The van der Waals surface area contributed by atoms with Gasteiger partial charge in [-0.05, 0) is 36.2 Å². The lowest BCUT2D eigenvalue weighted by molar-refractivity contribution is 0.247. The third-order valence-corrected chi connectivity index (χ3v) is 5.29. The Morgan fingerprint density at radius 1 is 1.00 bits per heavy atom. The summed E-state index contributed by atoms with van der Waals surface area (Å²) in [7, 11) is 1.65. The van der Waals surface area contributed by atoms with Gasteiger partial charge in [-0.15, -0.1) is 0 Å². The molecule has 0 radical (unpaired) electrons. The highest BCUT2D eigenvalue weighted by Crippen LogP contribution is 2.47. The van der Waals surface area contributed by atoms with Gasteiger partial charge in [0.25, 0.3) is 0 Å². The molecule has 0 spiro atoms. The van der Waals surface area contributed by atoms with E-state index in [0.29, 0.717) is 12.3 Å². The second-order valence-electron chi connectivity index (χ2n) is 7.03. The summed E-state index contributed by atoms with van der Waals surface area (Å²) < 4.78 is 11.5. The van der Waals surface area contributed by atoms with Gasteiger partial charge in [0.05, 0.1) is 19.4 Å². The second-order valence-corrected chi connectivity index (χ2v) is 7.03. The normalized spacial score (nSPS) is 18.4. The Morgan fingerprint density at radius 3 is 2.44 bits per heavy atom. The van der Waals surface area contributed by atoms with Crippen LogP contribution in [0.15, 0.2) is 60.7 Å². The Bertz CT molecular complexity index is 966. The maximum Gasteiger partial charge on any atom is 0.138 e. The molecule has 0 unspecified atom stereocenters. The highest BCUT2D eigenvalue weighted by Gasteiger charge is 2.34. The van der Waals surface area contributed by atoms with Gasteiger partial charge in [0, 0.05) is 23.5 Å². The average Bonchev–Trinajstić information content (AvgIpc) is 2.69. The van der Waals surface area contributed by atoms with E-state index in [2.05, 4.69) is 37.3 Å². The minimum Gasteiger partial charge on any atom is -0.506 e. The van der Waals surface area contributed by atoms with E-state index in [9.17, 15) is 5.11 Å². The summed E-state index contributed by atoms with van der Waals surface area (Å²) in [6, 6.07) is 20.0. The summed E-state index contributed by atoms with van der Waals surface area (Å²) in [6.45, 7) is 2.65. The predicted molar refractivity (Wildman–Crippen MR) is 107 cm³/mol. The molecule has 0 saturated carbocycles. The van der Waals surface area contributed by atoms with Crippen LogP contribution in [0.4, 0.5) is 5.69 Å². The first-order chi connectivity index (χ1) is 13.1. The number of fused-ring (bicyclic) bond motifs is 1. The van der Waals surface area contributed by atoms with Gasteiger partial charge in [-0.1, -0.05) is 42.0 Å². The van der Waals surface area contributed by atoms with Gasteiger partial charge in [0.1, 0.15) is 17.2 Å². The molecule has 0 aromatic heterocycles. The maximum atomic E-state index is 9.85. The number of benzene rings is 3. The van der Waals surface area contributed by atoms with Crippen molar-refractivity contribution in [2.45, 2.75) is 18.8 Å². The molecule has 4 heteroatoms. The third-order valence-electron chi connectivity index (χ3n) is 5.29. The number of nitrogens with two attached hydrogens (primary N) is 1. The maximum absolute atomic E-state index is 9.85. The molecule has 4 nitrogen and oxygen atoms in total. The van der Waals surface area contributed by atoms with Crippen LogP contribution in [0.5, 0.6) is 17.2 Å². The molecule has 138 valence electrons. The minimum absolute atomic E-state index is 0.0743. The number of rotatable bonds is 3. The van der Waals surface area contributed by atoms with Crippen LogP contribution >= 0.6 is 0 Å². The van der Waals surface area contributed by atoms with Gasteiger partial charge in [0.2, 0.25) is 0 Å². The summed E-state index contributed by atoms with van der Waals surface area (Å²) in [4.78, 5) is 0. The Morgan fingerprint density at radius 2 is 1.74 bits per heavy atom. The Balaban J connectivity index is 1.85. The fourth-order valence-electron chi connectivity index (χ4n) is 3.80. The monoisotopic (exact) mass is 361 g/mol. The number of nitrogen functional groups attached to an aromatic ring is 1. The number of phenols is 1. The molecule has 3 aromatic rings. The molecule has 0 saturated heterocycles. The molecule has 0 bridgehead atoms. The highest BCUT2D eigenvalue weighted by atomic mass is 16.5. The molecular weight excluding hydrogens is 338 g/mol. The number of anilines is 1. The number of methoxy groups -OCH3 is 1. The third kappa shape index (κ3) is 3.19. The van der Waals surface area contributed by atoms with E-state index in [1.54, 1.807) is 13.2 Å². The first-order valence-corrected chi connectivity index (χ1v) is 9.02. The summed E-state index contributed by atoms with van der Waals surface area (Å²) >= 11 is 0. The van der Waals surface area contributed by atoms with Crippen LogP contribution in [0.2, 0.25) is 0 Å². The zero-order valence-electron chi connectivity index (χ0n) is 15.5. The number of aromatic hydroxyl groups is 1. The Labute approximate surface area is 159 Å². The quantitative estimate of drug-likeness (QED) is 0.529. The van der Waals surface area contributed by atoms with Gasteiger partial charge in [-0.2, -0.15) is 0 Å². The fraction of sp³-hybridized carbons (Fsp3) is 0.217. The van der Waals surface area contributed by atoms with Crippen LogP contribution in [0.1, 0.15) is 34.1 Å². The smallest absolute Gasteiger partial charge is 0.138 e. The average molecular weight is 361 g/mol. The predicted octanol–water partition coefficient (Wildman–Crippen LogP) is 4.60. The van der Waals surface area contributed by atoms with Crippen molar-refractivity contribution in [1.29, 1.82) is 0 Å². The zero-order chi connectivity index (χ0) is 19.0. The van der Waals surface area contributed by atoms with Crippen LogP contribution in [0.3, 0.4) is 0 Å². The molecule has 0 aliphatic carbocycles. The van der Waals surface area contributed by atoms with Crippen molar-refractivity contribution in [3.8, 4) is 17.2 Å². The highest BCUT2D eigenvalue weighted by molar-refractivity contribution is 5.58.